The molecule has 3 rings (SSSR count). The SMILES string of the molecule is NC(=O)c1[nH]nc2c1CCOc1c-2ccc(Cl)c1Cl. The molecule has 0 saturated heterocycles. The summed E-state index contributed by atoms with van der Waals surface area (Å²) in [5.74, 6) is -0.0623. The van der Waals surface area contributed by atoms with Gasteiger partial charge in [-0.05, 0) is 12.1 Å². The third-order valence-electron chi connectivity index (χ3n) is 3.02. The predicted octanol–water partition coefficient (Wildman–Crippen LogP) is 2.42. The molecule has 1 aliphatic rings. The van der Waals surface area contributed by atoms with E-state index >= 15 is 0 Å². The van der Waals surface area contributed by atoms with Gasteiger partial charge in [0.15, 0.2) is 0 Å². The van der Waals surface area contributed by atoms with Gasteiger partial charge in [-0.1, -0.05) is 23.2 Å². The van der Waals surface area contributed by atoms with Crippen LogP contribution in [0.5, 0.6) is 5.75 Å². The first-order chi connectivity index (χ1) is 9.09. The van der Waals surface area contributed by atoms with Gasteiger partial charge < -0.3 is 10.5 Å². The molecule has 0 radical (unpaired) electrons. The maximum atomic E-state index is 11.3. The lowest BCUT2D eigenvalue weighted by atomic mass is 10.0. The highest BCUT2D eigenvalue weighted by molar-refractivity contribution is 6.43. The zero-order valence-corrected chi connectivity index (χ0v) is 11.2. The van der Waals surface area contributed by atoms with Gasteiger partial charge in [0.05, 0.1) is 17.3 Å². The number of carbonyl (C=O) groups is 1. The van der Waals surface area contributed by atoms with E-state index in [4.69, 9.17) is 33.7 Å². The summed E-state index contributed by atoms with van der Waals surface area (Å²) < 4.78 is 5.61. The summed E-state index contributed by atoms with van der Waals surface area (Å²) in [7, 11) is 0. The van der Waals surface area contributed by atoms with Gasteiger partial charge >= 0.3 is 0 Å². The monoisotopic (exact) mass is 297 g/mol. The van der Waals surface area contributed by atoms with Gasteiger partial charge in [-0.25, -0.2) is 0 Å². The van der Waals surface area contributed by atoms with E-state index in [-0.39, 0.29) is 0 Å². The summed E-state index contributed by atoms with van der Waals surface area (Å²) in [6.07, 6.45) is 0.521. The summed E-state index contributed by atoms with van der Waals surface area (Å²) in [5.41, 5.74) is 7.68. The molecule has 0 saturated carbocycles. The first kappa shape index (κ1) is 12.3. The van der Waals surface area contributed by atoms with Crippen molar-refractivity contribution in [3.63, 3.8) is 0 Å². The third-order valence-corrected chi connectivity index (χ3v) is 3.80. The fourth-order valence-electron chi connectivity index (χ4n) is 2.15. The topological polar surface area (TPSA) is 81.0 Å². The smallest absolute Gasteiger partial charge is 0.267 e. The number of H-pyrrole nitrogens is 1. The molecular formula is C12H9Cl2N3O2. The van der Waals surface area contributed by atoms with E-state index in [1.165, 1.54) is 0 Å². The van der Waals surface area contributed by atoms with E-state index in [1.807, 2.05) is 0 Å². The van der Waals surface area contributed by atoms with Gasteiger partial charge in [0, 0.05) is 17.5 Å². The predicted molar refractivity (Wildman–Crippen MR) is 71.8 cm³/mol. The van der Waals surface area contributed by atoms with Crippen LogP contribution in [-0.4, -0.2) is 22.7 Å². The molecule has 5 nitrogen and oxygen atoms in total. The lowest BCUT2D eigenvalue weighted by Crippen LogP contribution is -2.14. The van der Waals surface area contributed by atoms with Gasteiger partial charge in [-0.15, -0.1) is 0 Å². The molecule has 1 amide bonds. The molecule has 1 aromatic carbocycles. The molecule has 1 aromatic heterocycles. The Morgan fingerprint density at radius 2 is 2.21 bits per heavy atom. The van der Waals surface area contributed by atoms with Crippen molar-refractivity contribution in [3.8, 4) is 17.0 Å². The molecule has 2 aromatic rings. The number of rotatable bonds is 1. The molecule has 0 bridgehead atoms. The molecule has 0 aliphatic carbocycles. The Bertz CT molecular complexity index is 682. The lowest BCUT2D eigenvalue weighted by Gasteiger charge is -2.09. The molecule has 7 heteroatoms. The highest BCUT2D eigenvalue weighted by Gasteiger charge is 2.25. The van der Waals surface area contributed by atoms with Gasteiger partial charge in [0.1, 0.15) is 16.5 Å². The fourth-order valence-corrected chi connectivity index (χ4v) is 2.52. The molecule has 19 heavy (non-hydrogen) atoms. The molecule has 98 valence electrons. The minimum Gasteiger partial charge on any atom is -0.491 e. The van der Waals surface area contributed by atoms with Gasteiger partial charge in [-0.3, -0.25) is 9.89 Å². The van der Waals surface area contributed by atoms with Crippen LogP contribution in [0.15, 0.2) is 12.1 Å². The molecular weight excluding hydrogens is 289 g/mol. The molecule has 3 N–H and O–H groups in total. The van der Waals surface area contributed by atoms with Gasteiger partial charge in [0.25, 0.3) is 5.91 Å². The zero-order chi connectivity index (χ0) is 13.6. The first-order valence-electron chi connectivity index (χ1n) is 5.58. The molecule has 1 aliphatic heterocycles. The number of hydrogen-bond donors (Lipinski definition) is 2. The van der Waals surface area contributed by atoms with E-state index in [0.717, 1.165) is 5.56 Å². The second-order valence-electron chi connectivity index (χ2n) is 4.13. The number of hydrogen-bond acceptors (Lipinski definition) is 3. The van der Waals surface area contributed by atoms with Crippen molar-refractivity contribution >= 4 is 29.1 Å². The van der Waals surface area contributed by atoms with Gasteiger partial charge in [-0.2, -0.15) is 5.10 Å². The Morgan fingerprint density at radius 1 is 1.42 bits per heavy atom. The van der Waals surface area contributed by atoms with Gasteiger partial charge in [0.2, 0.25) is 0 Å². The van der Waals surface area contributed by atoms with Crippen molar-refractivity contribution in [3.05, 3.63) is 33.4 Å². The summed E-state index contributed by atoms with van der Waals surface area (Å²) in [5, 5.41) is 7.56. The van der Waals surface area contributed by atoms with E-state index in [1.54, 1.807) is 12.1 Å². The summed E-state index contributed by atoms with van der Waals surface area (Å²) in [4.78, 5) is 11.3. The van der Waals surface area contributed by atoms with Crippen LogP contribution >= 0.6 is 23.2 Å². The van der Waals surface area contributed by atoms with Crippen LogP contribution in [0.4, 0.5) is 0 Å². The number of aromatic amines is 1. The summed E-state index contributed by atoms with van der Waals surface area (Å²) >= 11 is 12.1. The minimum atomic E-state index is -0.544. The maximum absolute atomic E-state index is 11.3. The van der Waals surface area contributed by atoms with Crippen LogP contribution in [0.3, 0.4) is 0 Å². The highest BCUT2D eigenvalue weighted by atomic mass is 35.5. The maximum Gasteiger partial charge on any atom is 0.267 e. The van der Waals surface area contributed by atoms with Crippen molar-refractivity contribution in [1.82, 2.24) is 10.2 Å². The summed E-state index contributed by atoms with van der Waals surface area (Å²) in [6.45, 7) is 0.375. The van der Waals surface area contributed by atoms with E-state index in [0.29, 0.717) is 45.8 Å². The number of carbonyl (C=O) groups excluding carboxylic acids is 1. The minimum absolute atomic E-state index is 0.303. The Kier molecular flexibility index (Phi) is 2.88. The highest BCUT2D eigenvalue weighted by Crippen LogP contribution is 2.42. The Balaban J connectivity index is 2.26. The average molecular weight is 298 g/mol. The standard InChI is InChI=1S/C12H9Cl2N3O2/c13-7-2-1-6-9-5(10(12(15)18)17-16-9)3-4-19-11(6)8(7)14/h1-2H,3-4H2,(H2,15,18)(H,16,17). The van der Waals surface area contributed by atoms with Crippen LogP contribution in [-0.2, 0) is 6.42 Å². The van der Waals surface area contributed by atoms with Crippen molar-refractivity contribution in [2.75, 3.05) is 6.61 Å². The number of primary amides is 1. The number of nitrogens with one attached hydrogen (secondary N) is 1. The number of ether oxygens (including phenoxy) is 1. The third kappa shape index (κ3) is 1.86. The number of amides is 1. The number of halogens is 2. The van der Waals surface area contributed by atoms with Crippen molar-refractivity contribution < 1.29 is 9.53 Å². The van der Waals surface area contributed by atoms with Crippen LogP contribution in [0, 0.1) is 0 Å². The van der Waals surface area contributed by atoms with Crippen LogP contribution in [0.1, 0.15) is 16.1 Å². The quantitative estimate of drug-likeness (QED) is 0.848. The Labute approximate surface area is 118 Å². The van der Waals surface area contributed by atoms with E-state index in [2.05, 4.69) is 10.2 Å². The average Bonchev–Trinajstić information content (AvgIpc) is 2.70. The fraction of sp³-hybridized carbons (Fsp3) is 0.167. The molecule has 0 spiro atoms. The Hall–Kier alpha value is -1.72. The van der Waals surface area contributed by atoms with Crippen LogP contribution in [0.25, 0.3) is 11.3 Å². The van der Waals surface area contributed by atoms with E-state index in [9.17, 15) is 4.79 Å². The lowest BCUT2D eigenvalue weighted by molar-refractivity contribution is 0.0994. The van der Waals surface area contributed by atoms with Crippen LogP contribution in [0.2, 0.25) is 10.0 Å². The normalized spacial score (nSPS) is 13.2. The molecule has 0 unspecified atom stereocenters. The van der Waals surface area contributed by atoms with E-state index < -0.39 is 5.91 Å². The van der Waals surface area contributed by atoms with Crippen molar-refractivity contribution in [1.29, 1.82) is 0 Å². The Morgan fingerprint density at radius 3 is 2.95 bits per heavy atom. The first-order valence-corrected chi connectivity index (χ1v) is 6.33. The molecule has 2 heterocycles. The zero-order valence-electron chi connectivity index (χ0n) is 9.67. The summed E-state index contributed by atoms with van der Waals surface area (Å²) in [6, 6.07) is 3.43. The largest absolute Gasteiger partial charge is 0.491 e. The molecule has 0 atom stereocenters. The number of benzene rings is 1. The van der Waals surface area contributed by atoms with Crippen molar-refractivity contribution in [2.24, 2.45) is 5.73 Å². The number of fused-ring (bicyclic) bond motifs is 3. The number of aromatic nitrogens is 2. The second kappa shape index (κ2) is 4.43. The number of nitrogens with two attached hydrogens (primary N) is 1. The molecule has 0 fully saturated rings. The second-order valence-corrected chi connectivity index (χ2v) is 4.91. The van der Waals surface area contributed by atoms with Crippen molar-refractivity contribution in [2.45, 2.75) is 6.42 Å². The van der Waals surface area contributed by atoms with Crippen LogP contribution < -0.4 is 10.5 Å². The number of nitrogens with zero attached hydrogens (tertiary/aromatic N) is 1.